The van der Waals surface area contributed by atoms with Gasteiger partial charge in [0.2, 0.25) is 0 Å². The standard InChI is InChI=1S/C13H20N2OS/c1-7(14)9-8-6-12(2,3)16-13(4,5)10(8)17-11(9)15/h1,6,14-15H2,2-5H3. The van der Waals surface area contributed by atoms with Crippen molar-refractivity contribution in [2.45, 2.75) is 45.3 Å². The molecule has 3 nitrogen and oxygen atoms in total. The van der Waals surface area contributed by atoms with Crippen molar-refractivity contribution in [2.75, 3.05) is 5.73 Å². The smallest absolute Gasteiger partial charge is 0.0977 e. The predicted molar refractivity (Wildman–Crippen MR) is 73.8 cm³/mol. The molecule has 0 saturated carbocycles. The molecule has 0 bridgehead atoms. The summed E-state index contributed by atoms with van der Waals surface area (Å²) in [6.07, 6.45) is 0.824. The van der Waals surface area contributed by atoms with Crippen LogP contribution < -0.4 is 11.5 Å². The van der Waals surface area contributed by atoms with Gasteiger partial charge < -0.3 is 16.2 Å². The summed E-state index contributed by atoms with van der Waals surface area (Å²) in [5.41, 5.74) is 14.1. The largest absolute Gasteiger partial charge is 0.399 e. The van der Waals surface area contributed by atoms with Gasteiger partial charge in [0.25, 0.3) is 0 Å². The first kappa shape index (κ1) is 12.5. The van der Waals surface area contributed by atoms with Crippen molar-refractivity contribution < 1.29 is 4.74 Å². The van der Waals surface area contributed by atoms with E-state index < -0.39 is 0 Å². The molecule has 1 aliphatic rings. The van der Waals surface area contributed by atoms with E-state index in [-0.39, 0.29) is 11.2 Å². The summed E-state index contributed by atoms with van der Waals surface area (Å²) in [5, 5.41) is 0.747. The number of hydrogen-bond donors (Lipinski definition) is 2. The van der Waals surface area contributed by atoms with Gasteiger partial charge in [-0.3, -0.25) is 0 Å². The lowest BCUT2D eigenvalue weighted by Crippen LogP contribution is -2.41. The minimum Gasteiger partial charge on any atom is -0.399 e. The lowest BCUT2D eigenvalue weighted by atomic mass is 9.86. The highest BCUT2D eigenvalue weighted by atomic mass is 32.1. The van der Waals surface area contributed by atoms with Gasteiger partial charge >= 0.3 is 0 Å². The fraction of sp³-hybridized carbons (Fsp3) is 0.538. The van der Waals surface area contributed by atoms with Gasteiger partial charge in [0.15, 0.2) is 0 Å². The van der Waals surface area contributed by atoms with Gasteiger partial charge in [0.05, 0.1) is 16.2 Å². The number of thiophene rings is 1. The summed E-state index contributed by atoms with van der Waals surface area (Å²) in [6.45, 7) is 12.2. The van der Waals surface area contributed by atoms with Crippen LogP contribution in [0.4, 0.5) is 5.00 Å². The molecule has 1 aliphatic heterocycles. The SMILES string of the molecule is C=C(N)c1c(N)sc2c1CC(C)(C)OC2(C)C. The lowest BCUT2D eigenvalue weighted by Gasteiger charge is -2.41. The second-order valence-corrected chi connectivity index (χ2v) is 6.78. The molecule has 0 spiro atoms. The lowest BCUT2D eigenvalue weighted by molar-refractivity contribution is -0.135. The molecule has 0 saturated heterocycles. The first-order valence-corrected chi connectivity index (χ1v) is 6.52. The fourth-order valence-corrected chi connectivity index (χ4v) is 3.85. The first-order chi connectivity index (χ1) is 7.64. The van der Waals surface area contributed by atoms with Gasteiger partial charge in [0, 0.05) is 22.6 Å². The van der Waals surface area contributed by atoms with Crippen molar-refractivity contribution in [3.63, 3.8) is 0 Å². The minimum absolute atomic E-state index is 0.200. The summed E-state index contributed by atoms with van der Waals surface area (Å²) >= 11 is 1.56. The molecule has 2 rings (SSSR count). The summed E-state index contributed by atoms with van der Waals surface area (Å²) in [7, 11) is 0. The maximum absolute atomic E-state index is 6.12. The second-order valence-electron chi connectivity index (χ2n) is 5.72. The average molecular weight is 252 g/mol. The van der Waals surface area contributed by atoms with Crippen molar-refractivity contribution >= 4 is 22.0 Å². The average Bonchev–Trinajstić information content (AvgIpc) is 2.38. The van der Waals surface area contributed by atoms with E-state index in [9.17, 15) is 0 Å². The second kappa shape index (κ2) is 3.50. The molecule has 0 aromatic carbocycles. The van der Waals surface area contributed by atoms with Crippen LogP contribution in [0.1, 0.15) is 43.7 Å². The van der Waals surface area contributed by atoms with Crippen molar-refractivity contribution in [3.8, 4) is 0 Å². The number of rotatable bonds is 1. The molecule has 1 aromatic rings. The van der Waals surface area contributed by atoms with Crippen molar-refractivity contribution in [1.29, 1.82) is 0 Å². The van der Waals surface area contributed by atoms with Crippen LogP contribution in [0.15, 0.2) is 6.58 Å². The summed E-state index contributed by atoms with van der Waals surface area (Å²) in [4.78, 5) is 1.18. The highest BCUT2D eigenvalue weighted by Gasteiger charge is 2.41. The van der Waals surface area contributed by atoms with Crippen LogP contribution >= 0.6 is 11.3 Å². The Morgan fingerprint density at radius 1 is 1.35 bits per heavy atom. The van der Waals surface area contributed by atoms with Gasteiger partial charge in [-0.05, 0) is 33.3 Å². The molecule has 17 heavy (non-hydrogen) atoms. The summed E-state index contributed by atoms with van der Waals surface area (Å²) in [6, 6.07) is 0. The zero-order chi connectivity index (χ0) is 13.0. The highest BCUT2D eigenvalue weighted by Crippen LogP contribution is 2.48. The molecule has 94 valence electrons. The Hall–Kier alpha value is -1.00. The Kier molecular flexibility index (Phi) is 2.56. The summed E-state index contributed by atoms with van der Waals surface area (Å²) in [5.74, 6) is 0. The predicted octanol–water partition coefficient (Wildman–Crippen LogP) is 2.85. The first-order valence-electron chi connectivity index (χ1n) is 5.70. The number of nitrogen functional groups attached to an aromatic ring is 1. The molecule has 4 heteroatoms. The maximum atomic E-state index is 6.12. The third-order valence-corrected chi connectivity index (χ3v) is 4.40. The van der Waals surface area contributed by atoms with Crippen molar-refractivity contribution in [3.05, 3.63) is 22.6 Å². The van der Waals surface area contributed by atoms with E-state index in [2.05, 4.69) is 34.3 Å². The topological polar surface area (TPSA) is 61.3 Å². The molecule has 0 atom stereocenters. The van der Waals surface area contributed by atoms with Gasteiger partial charge in [-0.25, -0.2) is 0 Å². The van der Waals surface area contributed by atoms with Crippen LogP contribution in [-0.4, -0.2) is 5.60 Å². The van der Waals surface area contributed by atoms with Crippen LogP contribution in [0.2, 0.25) is 0 Å². The van der Waals surface area contributed by atoms with Gasteiger partial charge in [0.1, 0.15) is 0 Å². The zero-order valence-corrected chi connectivity index (χ0v) is 11.7. The van der Waals surface area contributed by atoms with E-state index in [1.54, 1.807) is 11.3 Å². The van der Waals surface area contributed by atoms with Crippen LogP contribution in [0.5, 0.6) is 0 Å². The van der Waals surface area contributed by atoms with Crippen LogP contribution in [-0.2, 0) is 16.8 Å². The number of fused-ring (bicyclic) bond motifs is 1. The van der Waals surface area contributed by atoms with Gasteiger partial charge in [-0.2, -0.15) is 0 Å². The maximum Gasteiger partial charge on any atom is 0.0977 e. The van der Waals surface area contributed by atoms with Crippen LogP contribution in [0.3, 0.4) is 0 Å². The third kappa shape index (κ3) is 1.96. The molecule has 0 amide bonds. The zero-order valence-electron chi connectivity index (χ0n) is 10.9. The van der Waals surface area contributed by atoms with E-state index >= 15 is 0 Å². The van der Waals surface area contributed by atoms with E-state index in [4.69, 9.17) is 16.2 Å². The fourth-order valence-electron chi connectivity index (χ4n) is 2.69. The normalized spacial score (nSPS) is 20.9. The molecule has 1 aromatic heterocycles. The molecule has 0 aliphatic carbocycles. The molecular formula is C13H20N2OS. The monoisotopic (exact) mass is 252 g/mol. The Morgan fingerprint density at radius 2 is 1.94 bits per heavy atom. The van der Waals surface area contributed by atoms with Crippen molar-refractivity contribution in [2.24, 2.45) is 5.73 Å². The molecule has 2 heterocycles. The summed E-state index contributed by atoms with van der Waals surface area (Å²) < 4.78 is 6.12. The number of hydrogen-bond acceptors (Lipinski definition) is 4. The minimum atomic E-state index is -0.316. The number of nitrogens with two attached hydrogens (primary N) is 2. The van der Waals surface area contributed by atoms with Gasteiger partial charge in [-0.15, -0.1) is 11.3 Å². The van der Waals surface area contributed by atoms with Crippen LogP contribution in [0.25, 0.3) is 5.70 Å². The molecule has 0 fully saturated rings. The van der Waals surface area contributed by atoms with Crippen molar-refractivity contribution in [1.82, 2.24) is 0 Å². The molecule has 0 unspecified atom stereocenters. The van der Waals surface area contributed by atoms with E-state index in [1.807, 2.05) is 0 Å². The molecular weight excluding hydrogens is 232 g/mol. The highest BCUT2D eigenvalue weighted by molar-refractivity contribution is 7.16. The quantitative estimate of drug-likeness (QED) is 0.808. The van der Waals surface area contributed by atoms with E-state index in [0.717, 1.165) is 17.0 Å². The Balaban J connectivity index is 2.67. The Bertz CT molecular complexity index is 486. The van der Waals surface area contributed by atoms with Crippen LogP contribution in [0, 0.1) is 0 Å². The van der Waals surface area contributed by atoms with Gasteiger partial charge in [-0.1, -0.05) is 6.58 Å². The number of anilines is 1. The Labute approximate surface area is 106 Å². The number of ether oxygens (including phenoxy) is 1. The molecule has 0 radical (unpaired) electrons. The van der Waals surface area contributed by atoms with E-state index in [0.29, 0.717) is 5.70 Å². The van der Waals surface area contributed by atoms with E-state index in [1.165, 1.54) is 10.4 Å². The third-order valence-electron chi connectivity index (χ3n) is 3.04. The Morgan fingerprint density at radius 3 is 2.47 bits per heavy atom. The molecule has 4 N–H and O–H groups in total.